The molecule has 0 aliphatic heterocycles. The van der Waals surface area contributed by atoms with Crippen LogP contribution in [-0.2, 0) is 19.4 Å². The van der Waals surface area contributed by atoms with Gasteiger partial charge in [0.15, 0.2) is 0 Å². The number of rotatable bonds is 5. The predicted molar refractivity (Wildman–Crippen MR) is 84.1 cm³/mol. The van der Waals surface area contributed by atoms with Crippen molar-refractivity contribution in [1.29, 1.82) is 0 Å². The van der Waals surface area contributed by atoms with E-state index in [-0.39, 0.29) is 6.04 Å². The maximum absolute atomic E-state index is 6.41. The van der Waals surface area contributed by atoms with E-state index in [2.05, 4.69) is 31.1 Å². The van der Waals surface area contributed by atoms with Crippen LogP contribution < -0.4 is 5.73 Å². The molecule has 2 N–H and O–H groups in total. The van der Waals surface area contributed by atoms with Gasteiger partial charge in [-0.2, -0.15) is 5.10 Å². The zero-order chi connectivity index (χ0) is 14.8. The van der Waals surface area contributed by atoms with Gasteiger partial charge in [0, 0.05) is 35.7 Å². The summed E-state index contributed by atoms with van der Waals surface area (Å²) in [6.45, 7) is 5.10. The second kappa shape index (κ2) is 5.74. The van der Waals surface area contributed by atoms with Crippen molar-refractivity contribution >= 4 is 11.0 Å². The highest BCUT2D eigenvalue weighted by Crippen LogP contribution is 2.27. The Bertz CT molecular complexity index is 741. The lowest BCUT2D eigenvalue weighted by Crippen LogP contribution is -2.15. The van der Waals surface area contributed by atoms with Gasteiger partial charge in [0.05, 0.1) is 12.0 Å². The van der Waals surface area contributed by atoms with Crippen molar-refractivity contribution in [2.45, 2.75) is 39.3 Å². The van der Waals surface area contributed by atoms with Gasteiger partial charge in [0.2, 0.25) is 0 Å². The molecule has 0 amide bonds. The summed E-state index contributed by atoms with van der Waals surface area (Å²) in [5.41, 5.74) is 10.7. The van der Waals surface area contributed by atoms with E-state index in [1.807, 2.05) is 22.9 Å². The standard InChI is InChI=1S/C17H21N3O/c1-3-12-9-13(20(4-2)19-12)10-16(18)15-11-21-17-8-6-5-7-14(15)17/h5-9,11,16H,3-4,10,18H2,1-2H3. The Balaban J connectivity index is 1.89. The normalized spacial score (nSPS) is 12.9. The van der Waals surface area contributed by atoms with E-state index in [1.165, 1.54) is 5.69 Å². The number of nitrogens with zero attached hydrogens (tertiary/aromatic N) is 2. The van der Waals surface area contributed by atoms with Gasteiger partial charge in [-0.3, -0.25) is 4.68 Å². The summed E-state index contributed by atoms with van der Waals surface area (Å²) in [4.78, 5) is 0. The molecule has 0 spiro atoms. The van der Waals surface area contributed by atoms with E-state index < -0.39 is 0 Å². The van der Waals surface area contributed by atoms with Gasteiger partial charge in [0.25, 0.3) is 0 Å². The van der Waals surface area contributed by atoms with Gasteiger partial charge in [-0.1, -0.05) is 25.1 Å². The number of nitrogens with two attached hydrogens (primary N) is 1. The number of benzene rings is 1. The van der Waals surface area contributed by atoms with Crippen LogP contribution in [-0.4, -0.2) is 9.78 Å². The minimum atomic E-state index is -0.0830. The molecule has 1 atom stereocenters. The van der Waals surface area contributed by atoms with Gasteiger partial charge >= 0.3 is 0 Å². The molecule has 0 aliphatic carbocycles. The highest BCUT2D eigenvalue weighted by molar-refractivity contribution is 5.81. The number of para-hydroxylation sites is 1. The molecule has 4 heteroatoms. The maximum Gasteiger partial charge on any atom is 0.134 e. The van der Waals surface area contributed by atoms with Crippen LogP contribution in [0.3, 0.4) is 0 Å². The summed E-state index contributed by atoms with van der Waals surface area (Å²) in [5.74, 6) is 0. The predicted octanol–water partition coefficient (Wildman–Crippen LogP) is 3.45. The first kappa shape index (κ1) is 13.9. The van der Waals surface area contributed by atoms with Crippen molar-refractivity contribution in [2.24, 2.45) is 5.73 Å². The minimum absolute atomic E-state index is 0.0830. The molecule has 0 aliphatic rings. The summed E-state index contributed by atoms with van der Waals surface area (Å²) in [6.07, 6.45) is 3.50. The van der Waals surface area contributed by atoms with E-state index in [1.54, 1.807) is 6.26 Å². The molecular weight excluding hydrogens is 262 g/mol. The monoisotopic (exact) mass is 283 g/mol. The van der Waals surface area contributed by atoms with Crippen LogP contribution >= 0.6 is 0 Å². The molecule has 0 saturated carbocycles. The molecule has 0 radical (unpaired) electrons. The molecule has 3 rings (SSSR count). The SMILES string of the molecule is CCc1cc(CC(N)c2coc3ccccc23)n(CC)n1. The third kappa shape index (κ3) is 2.59. The van der Waals surface area contributed by atoms with E-state index in [9.17, 15) is 0 Å². The molecule has 1 aromatic carbocycles. The molecule has 2 heterocycles. The molecule has 3 aromatic rings. The van der Waals surface area contributed by atoms with Crippen molar-refractivity contribution in [3.05, 3.63) is 53.5 Å². The average Bonchev–Trinajstić information content (AvgIpc) is 3.10. The molecule has 0 saturated heterocycles. The van der Waals surface area contributed by atoms with E-state index in [0.29, 0.717) is 0 Å². The van der Waals surface area contributed by atoms with Crippen LogP contribution in [0.5, 0.6) is 0 Å². The van der Waals surface area contributed by atoms with Gasteiger partial charge in [-0.15, -0.1) is 0 Å². The Hall–Kier alpha value is -2.07. The van der Waals surface area contributed by atoms with Crippen molar-refractivity contribution in [3.63, 3.8) is 0 Å². The zero-order valence-corrected chi connectivity index (χ0v) is 12.5. The van der Waals surface area contributed by atoms with Crippen molar-refractivity contribution < 1.29 is 4.42 Å². The minimum Gasteiger partial charge on any atom is -0.464 e. The second-order valence-electron chi connectivity index (χ2n) is 5.29. The molecule has 2 aromatic heterocycles. The fraction of sp³-hybridized carbons (Fsp3) is 0.353. The number of aromatic nitrogens is 2. The molecule has 0 fully saturated rings. The van der Waals surface area contributed by atoms with E-state index in [4.69, 9.17) is 10.2 Å². The summed E-state index contributed by atoms with van der Waals surface area (Å²) in [6, 6.07) is 10.1. The number of furan rings is 1. The van der Waals surface area contributed by atoms with Crippen molar-refractivity contribution in [1.82, 2.24) is 9.78 Å². The van der Waals surface area contributed by atoms with Gasteiger partial charge in [-0.05, 0) is 25.5 Å². The Kier molecular flexibility index (Phi) is 3.80. The number of aryl methyl sites for hydroxylation is 2. The van der Waals surface area contributed by atoms with E-state index >= 15 is 0 Å². The quantitative estimate of drug-likeness (QED) is 0.780. The third-order valence-electron chi connectivity index (χ3n) is 3.92. The first-order chi connectivity index (χ1) is 10.2. The van der Waals surface area contributed by atoms with Crippen LogP contribution in [0.2, 0.25) is 0 Å². The Morgan fingerprint density at radius 3 is 2.86 bits per heavy atom. The Morgan fingerprint density at radius 2 is 2.10 bits per heavy atom. The van der Waals surface area contributed by atoms with Crippen molar-refractivity contribution in [2.75, 3.05) is 0 Å². The Labute approximate surface area is 124 Å². The van der Waals surface area contributed by atoms with E-state index in [0.717, 1.165) is 41.6 Å². The summed E-state index contributed by atoms with van der Waals surface area (Å²) >= 11 is 0. The highest BCUT2D eigenvalue weighted by atomic mass is 16.3. The first-order valence-electron chi connectivity index (χ1n) is 7.50. The lowest BCUT2D eigenvalue weighted by Gasteiger charge is -2.11. The van der Waals surface area contributed by atoms with Crippen LogP contribution in [0.15, 0.2) is 41.0 Å². The fourth-order valence-electron chi connectivity index (χ4n) is 2.75. The zero-order valence-electron chi connectivity index (χ0n) is 12.5. The van der Waals surface area contributed by atoms with Crippen LogP contribution in [0.1, 0.15) is 36.8 Å². The third-order valence-corrected chi connectivity index (χ3v) is 3.92. The lowest BCUT2D eigenvalue weighted by atomic mass is 10.0. The summed E-state index contributed by atoms with van der Waals surface area (Å²) in [5, 5.41) is 5.68. The van der Waals surface area contributed by atoms with Gasteiger partial charge in [-0.25, -0.2) is 0 Å². The Morgan fingerprint density at radius 1 is 1.29 bits per heavy atom. The summed E-state index contributed by atoms with van der Waals surface area (Å²) in [7, 11) is 0. The van der Waals surface area contributed by atoms with Crippen LogP contribution in [0.25, 0.3) is 11.0 Å². The molecule has 1 unspecified atom stereocenters. The lowest BCUT2D eigenvalue weighted by molar-refractivity contribution is 0.573. The van der Waals surface area contributed by atoms with Crippen LogP contribution in [0.4, 0.5) is 0 Å². The number of hydrogen-bond acceptors (Lipinski definition) is 3. The molecular formula is C17H21N3O. The molecule has 110 valence electrons. The van der Waals surface area contributed by atoms with Gasteiger partial charge in [0.1, 0.15) is 5.58 Å². The largest absolute Gasteiger partial charge is 0.464 e. The van der Waals surface area contributed by atoms with Crippen molar-refractivity contribution in [3.8, 4) is 0 Å². The van der Waals surface area contributed by atoms with Gasteiger partial charge < -0.3 is 10.2 Å². The number of hydrogen-bond donors (Lipinski definition) is 1. The smallest absolute Gasteiger partial charge is 0.134 e. The molecule has 21 heavy (non-hydrogen) atoms. The second-order valence-corrected chi connectivity index (χ2v) is 5.29. The molecule has 0 bridgehead atoms. The number of fused-ring (bicyclic) bond motifs is 1. The topological polar surface area (TPSA) is 57.0 Å². The highest BCUT2D eigenvalue weighted by Gasteiger charge is 2.16. The average molecular weight is 283 g/mol. The first-order valence-corrected chi connectivity index (χ1v) is 7.50. The molecule has 4 nitrogen and oxygen atoms in total. The van der Waals surface area contributed by atoms with Crippen LogP contribution in [0, 0.1) is 0 Å². The fourth-order valence-corrected chi connectivity index (χ4v) is 2.75. The summed E-state index contributed by atoms with van der Waals surface area (Å²) < 4.78 is 7.63. The maximum atomic E-state index is 6.41.